The van der Waals surface area contributed by atoms with Crippen molar-refractivity contribution < 1.29 is 30.5 Å². The van der Waals surface area contributed by atoms with Gasteiger partial charge in [0, 0.05) is 42.7 Å². The molecule has 52 heavy (non-hydrogen) atoms. The minimum absolute atomic E-state index is 0.0130. The van der Waals surface area contributed by atoms with Crippen molar-refractivity contribution in [2.45, 2.75) is 82.3 Å². The molecule has 10 heteroatoms. The Morgan fingerprint density at radius 1 is 0.846 bits per heavy atom. The molecular weight excluding hydrogens is 693 g/mol. The lowest BCUT2D eigenvalue weighted by molar-refractivity contribution is -0.438. The molecule has 0 radical (unpaired) electrons. The first-order valence-corrected chi connectivity index (χ1v) is 20.7. The van der Waals surface area contributed by atoms with Gasteiger partial charge in [0.15, 0.2) is 22.4 Å². The Morgan fingerprint density at radius 3 is 2.02 bits per heavy atom. The smallest absolute Gasteiger partial charge is 0.210 e. The first kappa shape index (κ1) is 36.4. The van der Waals surface area contributed by atoms with Gasteiger partial charge in [-0.2, -0.15) is 4.58 Å². The van der Waals surface area contributed by atoms with E-state index in [0.29, 0.717) is 13.1 Å². The van der Waals surface area contributed by atoms with E-state index in [1.807, 2.05) is 61.5 Å². The molecule has 3 unspecified atom stereocenters. The molecule has 0 aliphatic carbocycles. The first-order chi connectivity index (χ1) is 24.3. The molecule has 3 heterocycles. The lowest BCUT2D eigenvalue weighted by atomic mass is 9.79. The highest BCUT2D eigenvalue weighted by Crippen LogP contribution is 2.63. The predicted molar refractivity (Wildman–Crippen MR) is 208 cm³/mol. The van der Waals surface area contributed by atoms with E-state index in [1.165, 1.54) is 6.92 Å². The summed E-state index contributed by atoms with van der Waals surface area (Å²) in [4.78, 5) is -1.55. The van der Waals surface area contributed by atoms with Crippen molar-refractivity contribution in [3.8, 4) is 0 Å². The molecule has 7 rings (SSSR count). The van der Waals surface area contributed by atoms with Gasteiger partial charge >= 0.3 is 0 Å². The zero-order valence-electron chi connectivity index (χ0n) is 30.8. The number of benzene rings is 4. The monoisotopic (exact) mass is 738 g/mol. The fraction of sp³-hybridized carbons (Fsp3) is 0.357. The van der Waals surface area contributed by atoms with Crippen molar-refractivity contribution in [2.24, 2.45) is 0 Å². The largest absolute Gasteiger partial charge is 0.748 e. The zero-order valence-corrected chi connectivity index (χ0v) is 32.4. The number of hydrogen-bond donors (Lipinski definition) is 0. The number of rotatable bonds is 8. The highest BCUT2D eigenvalue weighted by atomic mass is 32.2. The third kappa shape index (κ3) is 5.21. The van der Waals surface area contributed by atoms with Gasteiger partial charge in [-0.25, -0.2) is 21.3 Å². The van der Waals surface area contributed by atoms with E-state index in [4.69, 9.17) is 0 Å². The van der Waals surface area contributed by atoms with Crippen molar-refractivity contribution in [1.82, 2.24) is 4.48 Å². The van der Waals surface area contributed by atoms with Crippen LogP contribution in [0, 0.1) is 0 Å². The molecule has 0 N–H and O–H groups in total. The van der Waals surface area contributed by atoms with Crippen LogP contribution >= 0.6 is 0 Å². The molecule has 0 bridgehead atoms. The van der Waals surface area contributed by atoms with E-state index in [0.717, 1.165) is 61.0 Å². The second-order valence-corrected chi connectivity index (χ2v) is 19.5. The van der Waals surface area contributed by atoms with Crippen LogP contribution in [-0.4, -0.2) is 59.4 Å². The van der Waals surface area contributed by atoms with Crippen LogP contribution in [0.2, 0.25) is 0 Å². The Hall–Kier alpha value is -3.93. The van der Waals surface area contributed by atoms with Crippen molar-refractivity contribution >= 4 is 58.9 Å². The third-order valence-corrected chi connectivity index (χ3v) is 15.1. The Morgan fingerprint density at radius 2 is 1.44 bits per heavy atom. The fourth-order valence-electron chi connectivity index (χ4n) is 9.23. The second-order valence-electron chi connectivity index (χ2n) is 15.9. The molecule has 0 saturated carbocycles. The molecule has 4 aromatic carbocycles. The number of hydrogen-bond acceptors (Lipinski definition) is 6. The molecule has 3 aliphatic heterocycles. The van der Waals surface area contributed by atoms with Gasteiger partial charge in [0.25, 0.3) is 0 Å². The number of fused-ring (bicyclic) bond motifs is 7. The molecule has 4 aromatic rings. The van der Waals surface area contributed by atoms with Crippen LogP contribution in [0.4, 0.5) is 11.4 Å². The van der Waals surface area contributed by atoms with Gasteiger partial charge in [-0.05, 0) is 81.3 Å². The fourth-order valence-corrected chi connectivity index (χ4v) is 10.6. The maximum absolute atomic E-state index is 13.0. The molecular formula is C42H46N2O6S2. The van der Waals surface area contributed by atoms with Crippen molar-refractivity contribution in [3.05, 3.63) is 119 Å². The van der Waals surface area contributed by atoms with E-state index in [-0.39, 0.29) is 17.3 Å². The van der Waals surface area contributed by atoms with E-state index in [2.05, 4.69) is 74.7 Å². The molecule has 3 aliphatic rings. The van der Waals surface area contributed by atoms with Gasteiger partial charge < -0.3 is 9.11 Å². The molecule has 3 atom stereocenters. The average Bonchev–Trinajstić information content (AvgIpc) is 3.44. The van der Waals surface area contributed by atoms with Crippen LogP contribution in [0.25, 0.3) is 21.5 Å². The summed E-state index contributed by atoms with van der Waals surface area (Å²) < 4.78 is 76.8. The van der Waals surface area contributed by atoms with Crippen LogP contribution in [0.3, 0.4) is 0 Å². The summed E-state index contributed by atoms with van der Waals surface area (Å²) >= 11 is 0. The number of quaternary nitrogens is 1. The molecule has 1 saturated heterocycles. The maximum atomic E-state index is 13.0. The van der Waals surface area contributed by atoms with Crippen LogP contribution < -0.4 is 4.48 Å². The van der Waals surface area contributed by atoms with Gasteiger partial charge in [0.2, 0.25) is 10.6 Å². The topological polar surface area (TPSA) is 117 Å². The summed E-state index contributed by atoms with van der Waals surface area (Å²) in [7, 11) is -9.14. The highest BCUT2D eigenvalue weighted by Gasteiger charge is 2.71. The highest BCUT2D eigenvalue weighted by molar-refractivity contribution is 7.87. The third-order valence-electron chi connectivity index (χ3n) is 12.3. The summed E-state index contributed by atoms with van der Waals surface area (Å²) in [6, 6.07) is 24.5. The van der Waals surface area contributed by atoms with E-state index < -0.39 is 41.2 Å². The molecule has 272 valence electrons. The van der Waals surface area contributed by atoms with E-state index in [9.17, 15) is 25.9 Å². The van der Waals surface area contributed by atoms with Crippen LogP contribution in [0.1, 0.15) is 72.4 Å². The molecule has 8 nitrogen and oxygen atoms in total. The van der Waals surface area contributed by atoms with Crippen LogP contribution in [0.5, 0.6) is 0 Å². The minimum Gasteiger partial charge on any atom is -0.748 e. The SMILES string of the molecule is CC(C=CC1=[N+](CCC(C)S(=O)(=O)[O-])c2ccc3ccccc3c2C1(C)C)=CC=C1C(C)(C)c2c(ccc3ccccc23)[N+]12CCC2(C)S(=O)(=O)[O-]. The zero-order chi connectivity index (χ0) is 37.6. The van der Waals surface area contributed by atoms with Gasteiger partial charge in [-0.15, -0.1) is 0 Å². The summed E-state index contributed by atoms with van der Waals surface area (Å²) in [5, 5.41) is 3.31. The van der Waals surface area contributed by atoms with Crippen molar-refractivity contribution in [1.29, 1.82) is 0 Å². The van der Waals surface area contributed by atoms with Gasteiger partial charge in [0.05, 0.1) is 39.2 Å². The van der Waals surface area contributed by atoms with Crippen molar-refractivity contribution in [2.75, 3.05) is 13.1 Å². The van der Waals surface area contributed by atoms with Gasteiger partial charge in [0.1, 0.15) is 11.4 Å². The average molecular weight is 739 g/mol. The number of nitrogens with zero attached hydrogens (tertiary/aromatic N) is 2. The molecule has 0 aromatic heterocycles. The van der Waals surface area contributed by atoms with Crippen LogP contribution in [0.15, 0.2) is 108 Å². The summed E-state index contributed by atoms with van der Waals surface area (Å²) in [5.74, 6) is 0. The normalized spacial score (nSPS) is 25.3. The molecule has 1 fully saturated rings. The Labute approximate surface area is 307 Å². The van der Waals surface area contributed by atoms with Crippen LogP contribution in [-0.2, 0) is 31.1 Å². The minimum atomic E-state index is -4.70. The van der Waals surface area contributed by atoms with E-state index in [1.54, 1.807) is 6.92 Å². The van der Waals surface area contributed by atoms with E-state index >= 15 is 0 Å². The Bertz CT molecular complexity index is 2530. The Balaban J connectivity index is 1.34. The quantitative estimate of drug-likeness (QED) is 0.0782. The van der Waals surface area contributed by atoms with Gasteiger partial charge in [-0.1, -0.05) is 66.3 Å². The second kappa shape index (κ2) is 12.0. The Kier molecular flexibility index (Phi) is 8.44. The number of allylic oxidation sites excluding steroid dienone is 6. The van der Waals surface area contributed by atoms with Gasteiger partial charge in [-0.3, -0.25) is 0 Å². The summed E-state index contributed by atoms with van der Waals surface area (Å²) in [6.07, 6.45) is 8.56. The van der Waals surface area contributed by atoms with Crippen molar-refractivity contribution in [3.63, 3.8) is 0 Å². The lowest BCUT2D eigenvalue weighted by Gasteiger charge is -2.58. The standard InChI is InChI=1S/C42H46N2O6S2/c1-28(16-22-36-40(3,4)38-32-14-10-8-12-30(32)18-20-34(38)43(36)26-24-29(2)51(45,46)47)17-23-37-41(5,6)39-33-15-11-9-13-31(33)19-21-35(39)44(37)27-25-42(44,7)52(48,49)50/h8-23,29H,24-27H2,1-7H3. The summed E-state index contributed by atoms with van der Waals surface area (Å²) in [6.45, 7) is 14.5. The first-order valence-electron chi connectivity index (χ1n) is 17.8. The predicted octanol–water partition coefficient (Wildman–Crippen LogP) is 8.04. The maximum Gasteiger partial charge on any atom is 0.210 e. The molecule has 1 spiro atoms. The lowest BCUT2D eigenvalue weighted by Crippen LogP contribution is -2.76. The molecule has 0 amide bonds. The summed E-state index contributed by atoms with van der Waals surface area (Å²) in [5.41, 5.74) is 5.77.